The van der Waals surface area contributed by atoms with E-state index in [2.05, 4.69) is 10.1 Å². The van der Waals surface area contributed by atoms with Gasteiger partial charge in [0.15, 0.2) is 5.82 Å². The predicted molar refractivity (Wildman–Crippen MR) is 104 cm³/mol. The van der Waals surface area contributed by atoms with Gasteiger partial charge < -0.3 is 18.9 Å². The van der Waals surface area contributed by atoms with Crippen LogP contribution in [0.25, 0.3) is 0 Å². The lowest BCUT2D eigenvalue weighted by Gasteiger charge is -2.46. The van der Waals surface area contributed by atoms with Crippen molar-refractivity contribution in [1.29, 1.82) is 0 Å². The number of hydrogen-bond acceptors (Lipinski definition) is 7. The number of aryl methyl sites for hydroxylation is 1. The molecule has 2 aliphatic rings. The van der Waals surface area contributed by atoms with Gasteiger partial charge in [0.1, 0.15) is 6.61 Å². The van der Waals surface area contributed by atoms with E-state index in [4.69, 9.17) is 14.0 Å². The average molecular weight is 406 g/mol. The highest BCUT2D eigenvalue weighted by Gasteiger charge is 2.41. The third kappa shape index (κ3) is 4.29. The summed E-state index contributed by atoms with van der Waals surface area (Å²) in [6.07, 6.45) is 4.57. The molecule has 8 heteroatoms. The van der Waals surface area contributed by atoms with E-state index in [1.807, 2.05) is 24.0 Å². The first-order valence-electron chi connectivity index (χ1n) is 9.87. The van der Waals surface area contributed by atoms with E-state index in [0.717, 1.165) is 62.5 Å². The lowest BCUT2D eigenvalue weighted by atomic mass is 9.78. The molecule has 2 fully saturated rings. The molecule has 1 spiro atoms. The normalized spacial score (nSPS) is 21.9. The van der Waals surface area contributed by atoms with Gasteiger partial charge in [0.25, 0.3) is 11.8 Å². The molecule has 4 heterocycles. The van der Waals surface area contributed by atoms with Crippen molar-refractivity contribution in [2.24, 2.45) is 5.92 Å². The minimum atomic E-state index is -0.121. The molecule has 2 saturated heterocycles. The molecule has 28 heavy (non-hydrogen) atoms. The average Bonchev–Trinajstić information content (AvgIpc) is 3.31. The van der Waals surface area contributed by atoms with Gasteiger partial charge in [0, 0.05) is 38.1 Å². The van der Waals surface area contributed by atoms with Crippen molar-refractivity contribution in [3.8, 4) is 0 Å². The molecule has 152 valence electrons. The fourth-order valence-corrected chi connectivity index (χ4v) is 5.12. The number of ether oxygens (including phenoxy) is 2. The Morgan fingerprint density at radius 3 is 2.93 bits per heavy atom. The highest BCUT2D eigenvalue weighted by molar-refractivity contribution is 7.13. The summed E-state index contributed by atoms with van der Waals surface area (Å²) in [5.41, 5.74) is -0.121. The second-order valence-electron chi connectivity index (χ2n) is 7.83. The lowest BCUT2D eigenvalue weighted by Crippen LogP contribution is -2.50. The number of carbonyl (C=O) groups excluding carboxylic acids is 1. The van der Waals surface area contributed by atoms with Crippen LogP contribution >= 0.6 is 11.3 Å². The van der Waals surface area contributed by atoms with Gasteiger partial charge in [-0.3, -0.25) is 4.79 Å². The Hall–Kier alpha value is -1.77. The molecule has 2 aromatic rings. The number of thiophene rings is 1. The zero-order valence-electron chi connectivity index (χ0n) is 16.5. The van der Waals surface area contributed by atoms with Gasteiger partial charge in [-0.25, -0.2) is 0 Å². The Labute approximate surface area is 169 Å². The standard InChI is InChI=1S/C20H27N3O4S/c1-14-3-4-16(28-14)19(24)23-8-6-20(7-9-23)12-15(5-10-26-20)11-17-21-18(13-25-2)27-22-17/h3-4,15H,5-13H2,1-2H3. The van der Waals surface area contributed by atoms with Crippen LogP contribution in [0, 0.1) is 12.8 Å². The maximum atomic E-state index is 12.7. The second-order valence-corrected chi connectivity index (χ2v) is 9.12. The van der Waals surface area contributed by atoms with Gasteiger partial charge in [-0.2, -0.15) is 4.98 Å². The summed E-state index contributed by atoms with van der Waals surface area (Å²) >= 11 is 1.57. The van der Waals surface area contributed by atoms with Crippen LogP contribution in [0.1, 0.15) is 51.9 Å². The Morgan fingerprint density at radius 1 is 1.39 bits per heavy atom. The summed E-state index contributed by atoms with van der Waals surface area (Å²) in [4.78, 5) is 21.1. The third-order valence-electron chi connectivity index (χ3n) is 5.76. The van der Waals surface area contributed by atoms with Crippen LogP contribution in [0.3, 0.4) is 0 Å². The SMILES string of the molecule is COCc1nc(CC2CCOC3(CCN(C(=O)c4ccc(C)s4)CC3)C2)no1. The van der Waals surface area contributed by atoms with Crippen LogP contribution in [-0.2, 0) is 22.5 Å². The van der Waals surface area contributed by atoms with Gasteiger partial charge in [0.05, 0.1) is 10.5 Å². The molecule has 2 aromatic heterocycles. The van der Waals surface area contributed by atoms with E-state index in [9.17, 15) is 4.79 Å². The molecule has 0 aliphatic carbocycles. The van der Waals surface area contributed by atoms with E-state index in [-0.39, 0.29) is 11.5 Å². The summed E-state index contributed by atoms with van der Waals surface area (Å²) in [5, 5.41) is 4.07. The molecule has 1 atom stereocenters. The smallest absolute Gasteiger partial charge is 0.263 e. The number of piperidine rings is 1. The Morgan fingerprint density at radius 2 is 2.21 bits per heavy atom. The van der Waals surface area contributed by atoms with Gasteiger partial charge in [0.2, 0.25) is 0 Å². The minimum Gasteiger partial charge on any atom is -0.375 e. The highest BCUT2D eigenvalue weighted by atomic mass is 32.1. The Bertz CT molecular complexity index is 810. The topological polar surface area (TPSA) is 77.7 Å². The summed E-state index contributed by atoms with van der Waals surface area (Å²) in [5.74, 6) is 1.89. The van der Waals surface area contributed by atoms with Crippen molar-refractivity contribution < 1.29 is 18.8 Å². The first-order chi connectivity index (χ1) is 13.6. The zero-order chi connectivity index (χ0) is 19.6. The van der Waals surface area contributed by atoms with E-state index in [1.165, 1.54) is 4.88 Å². The molecule has 7 nitrogen and oxygen atoms in total. The number of hydrogen-bond donors (Lipinski definition) is 0. The van der Waals surface area contributed by atoms with E-state index in [0.29, 0.717) is 18.4 Å². The predicted octanol–water partition coefficient (Wildman–Crippen LogP) is 3.23. The van der Waals surface area contributed by atoms with Crippen LogP contribution in [0.4, 0.5) is 0 Å². The monoisotopic (exact) mass is 405 g/mol. The van der Waals surface area contributed by atoms with Crippen LogP contribution in [0.15, 0.2) is 16.7 Å². The van der Waals surface area contributed by atoms with Crippen molar-refractivity contribution in [2.75, 3.05) is 26.8 Å². The van der Waals surface area contributed by atoms with Crippen molar-refractivity contribution in [3.63, 3.8) is 0 Å². The van der Waals surface area contributed by atoms with Crippen molar-refractivity contribution in [1.82, 2.24) is 15.0 Å². The summed E-state index contributed by atoms with van der Waals surface area (Å²) in [6, 6.07) is 3.94. The fourth-order valence-electron chi connectivity index (χ4n) is 4.29. The number of nitrogens with zero attached hydrogens (tertiary/aromatic N) is 3. The first-order valence-corrected chi connectivity index (χ1v) is 10.7. The quantitative estimate of drug-likeness (QED) is 0.760. The van der Waals surface area contributed by atoms with E-state index < -0.39 is 0 Å². The van der Waals surface area contributed by atoms with Crippen LogP contribution < -0.4 is 0 Å². The molecule has 1 amide bonds. The number of rotatable bonds is 5. The van der Waals surface area contributed by atoms with Crippen molar-refractivity contribution >= 4 is 17.2 Å². The third-order valence-corrected chi connectivity index (χ3v) is 6.75. The molecule has 0 saturated carbocycles. The molecule has 4 rings (SSSR count). The summed E-state index contributed by atoms with van der Waals surface area (Å²) in [6.45, 7) is 4.64. The zero-order valence-corrected chi connectivity index (χ0v) is 17.3. The Kier molecular flexibility index (Phi) is 5.80. The minimum absolute atomic E-state index is 0.121. The summed E-state index contributed by atoms with van der Waals surface area (Å²) < 4.78 is 16.5. The number of carbonyl (C=O) groups is 1. The number of aromatic nitrogens is 2. The lowest BCUT2D eigenvalue weighted by molar-refractivity contribution is -0.123. The first kappa shape index (κ1) is 19.5. The molecule has 0 aromatic carbocycles. The van der Waals surface area contributed by atoms with Gasteiger partial charge in [-0.15, -0.1) is 11.3 Å². The maximum absolute atomic E-state index is 12.7. The maximum Gasteiger partial charge on any atom is 0.263 e. The van der Waals surface area contributed by atoms with Crippen molar-refractivity contribution in [3.05, 3.63) is 33.6 Å². The molecule has 0 N–H and O–H groups in total. The summed E-state index contributed by atoms with van der Waals surface area (Å²) in [7, 11) is 1.61. The van der Waals surface area contributed by atoms with Gasteiger partial charge in [-0.1, -0.05) is 5.16 Å². The van der Waals surface area contributed by atoms with E-state index >= 15 is 0 Å². The van der Waals surface area contributed by atoms with Crippen molar-refractivity contribution in [2.45, 2.75) is 51.2 Å². The van der Waals surface area contributed by atoms with Gasteiger partial charge >= 0.3 is 0 Å². The molecule has 2 aliphatic heterocycles. The fraction of sp³-hybridized carbons (Fsp3) is 0.650. The highest BCUT2D eigenvalue weighted by Crippen LogP contribution is 2.39. The van der Waals surface area contributed by atoms with Crippen LogP contribution in [0.2, 0.25) is 0 Å². The number of likely N-dealkylation sites (tertiary alicyclic amines) is 1. The molecular weight excluding hydrogens is 378 g/mol. The molecule has 1 unspecified atom stereocenters. The molecular formula is C20H27N3O4S. The largest absolute Gasteiger partial charge is 0.375 e. The van der Waals surface area contributed by atoms with Gasteiger partial charge in [-0.05, 0) is 50.7 Å². The number of amides is 1. The number of methoxy groups -OCH3 is 1. The van der Waals surface area contributed by atoms with Crippen LogP contribution in [0.5, 0.6) is 0 Å². The van der Waals surface area contributed by atoms with E-state index in [1.54, 1.807) is 18.4 Å². The second kappa shape index (κ2) is 8.31. The molecule has 0 radical (unpaired) electrons. The molecule has 0 bridgehead atoms. The van der Waals surface area contributed by atoms with Crippen LogP contribution in [-0.4, -0.2) is 53.4 Å². The Balaban J connectivity index is 1.33.